The van der Waals surface area contributed by atoms with Crippen LogP contribution < -0.4 is 10.1 Å². The third kappa shape index (κ3) is 4.02. The van der Waals surface area contributed by atoms with Crippen molar-refractivity contribution >= 4 is 34.2 Å². The lowest BCUT2D eigenvalue weighted by molar-refractivity contribution is 0.102. The van der Waals surface area contributed by atoms with Crippen LogP contribution in [0.15, 0.2) is 59.0 Å². The Hall–Kier alpha value is -2.32. The monoisotopic (exact) mass is 449 g/mol. The number of amides is 1. The number of aliphatic hydroxyl groups excluding tert-OH is 1. The summed E-state index contributed by atoms with van der Waals surface area (Å²) in [5.41, 5.74) is 1.90. The highest BCUT2D eigenvalue weighted by atomic mass is 127. The minimum absolute atomic E-state index is 0.175. The van der Waals surface area contributed by atoms with E-state index in [9.17, 15) is 4.79 Å². The van der Waals surface area contributed by atoms with Gasteiger partial charge in [-0.2, -0.15) is 0 Å². The van der Waals surface area contributed by atoms with Gasteiger partial charge < -0.3 is 19.6 Å². The maximum Gasteiger partial charge on any atom is 0.255 e. The maximum atomic E-state index is 12.4. The van der Waals surface area contributed by atoms with Crippen LogP contribution in [-0.4, -0.2) is 18.1 Å². The number of methoxy groups -OCH3 is 1. The molecule has 0 bridgehead atoms. The lowest BCUT2D eigenvalue weighted by Gasteiger charge is -2.10. The van der Waals surface area contributed by atoms with Gasteiger partial charge in [-0.1, -0.05) is 0 Å². The molecule has 0 saturated carbocycles. The molecule has 0 spiro atoms. The Bertz CT molecular complexity index is 887. The van der Waals surface area contributed by atoms with E-state index in [4.69, 9.17) is 14.3 Å². The van der Waals surface area contributed by atoms with Crippen LogP contribution >= 0.6 is 22.6 Å². The molecule has 1 aromatic heterocycles. The number of furan rings is 1. The molecule has 0 aliphatic rings. The van der Waals surface area contributed by atoms with Gasteiger partial charge in [0.05, 0.1) is 12.7 Å². The average Bonchev–Trinajstić information content (AvgIpc) is 3.11. The second-order valence-electron chi connectivity index (χ2n) is 5.30. The molecule has 0 saturated heterocycles. The zero-order chi connectivity index (χ0) is 17.8. The van der Waals surface area contributed by atoms with Gasteiger partial charge in [0.15, 0.2) is 0 Å². The number of carbonyl (C=O) groups excluding carboxylic acids is 1. The Labute approximate surface area is 158 Å². The molecule has 5 nitrogen and oxygen atoms in total. The molecule has 0 fully saturated rings. The van der Waals surface area contributed by atoms with Gasteiger partial charge in [-0.25, -0.2) is 0 Å². The maximum absolute atomic E-state index is 12.4. The van der Waals surface area contributed by atoms with Crippen LogP contribution in [0.5, 0.6) is 5.75 Å². The molecule has 2 aromatic carbocycles. The predicted molar refractivity (Wildman–Crippen MR) is 104 cm³/mol. The van der Waals surface area contributed by atoms with Crippen LogP contribution in [0.25, 0.3) is 11.3 Å². The standard InChI is InChI=1S/C19H16INO4/c1-24-17-8-6-14(10-16(17)18-9-7-15(11-22)25-18)21-19(23)12-2-4-13(20)5-3-12/h2-10,22H,11H2,1H3,(H,21,23). The summed E-state index contributed by atoms with van der Waals surface area (Å²) in [6.45, 7) is -0.175. The molecular weight excluding hydrogens is 433 g/mol. The zero-order valence-corrected chi connectivity index (χ0v) is 15.6. The van der Waals surface area contributed by atoms with Crippen LogP contribution in [-0.2, 0) is 6.61 Å². The smallest absolute Gasteiger partial charge is 0.255 e. The number of halogens is 1. The number of nitrogens with one attached hydrogen (secondary N) is 1. The van der Waals surface area contributed by atoms with Crippen molar-refractivity contribution in [3.05, 3.63) is 69.5 Å². The second-order valence-corrected chi connectivity index (χ2v) is 6.55. The Morgan fingerprint density at radius 1 is 1.16 bits per heavy atom. The number of benzene rings is 2. The first kappa shape index (κ1) is 17.5. The summed E-state index contributed by atoms with van der Waals surface area (Å²) in [7, 11) is 1.57. The lowest BCUT2D eigenvalue weighted by Crippen LogP contribution is -2.11. The van der Waals surface area contributed by atoms with Crippen molar-refractivity contribution in [3.8, 4) is 17.1 Å². The van der Waals surface area contributed by atoms with E-state index >= 15 is 0 Å². The van der Waals surface area contributed by atoms with E-state index in [0.29, 0.717) is 34.1 Å². The molecular formula is C19H16INO4. The highest BCUT2D eigenvalue weighted by Crippen LogP contribution is 2.34. The molecule has 6 heteroatoms. The molecule has 25 heavy (non-hydrogen) atoms. The number of hydrogen-bond acceptors (Lipinski definition) is 4. The fraction of sp³-hybridized carbons (Fsp3) is 0.105. The minimum atomic E-state index is -0.192. The summed E-state index contributed by atoms with van der Waals surface area (Å²) in [5, 5.41) is 12.0. The van der Waals surface area contributed by atoms with Crippen molar-refractivity contribution in [2.45, 2.75) is 6.61 Å². The first-order valence-corrected chi connectivity index (χ1v) is 8.63. The van der Waals surface area contributed by atoms with Crippen molar-refractivity contribution in [2.75, 3.05) is 12.4 Å². The van der Waals surface area contributed by atoms with E-state index in [0.717, 1.165) is 3.57 Å². The summed E-state index contributed by atoms with van der Waals surface area (Å²) in [6.07, 6.45) is 0. The molecule has 3 rings (SSSR count). The number of hydrogen-bond donors (Lipinski definition) is 2. The highest BCUT2D eigenvalue weighted by molar-refractivity contribution is 14.1. The summed E-state index contributed by atoms with van der Waals surface area (Å²) in [4.78, 5) is 12.4. The number of anilines is 1. The van der Waals surface area contributed by atoms with Gasteiger partial charge in [-0.05, 0) is 77.2 Å². The van der Waals surface area contributed by atoms with E-state index < -0.39 is 0 Å². The quantitative estimate of drug-likeness (QED) is 0.570. The Balaban J connectivity index is 1.88. The molecule has 3 aromatic rings. The fourth-order valence-corrected chi connectivity index (χ4v) is 2.75. The third-order valence-electron chi connectivity index (χ3n) is 3.65. The molecule has 0 aliphatic carbocycles. The topological polar surface area (TPSA) is 71.7 Å². The summed E-state index contributed by atoms with van der Waals surface area (Å²) < 4.78 is 12.0. The number of rotatable bonds is 5. The van der Waals surface area contributed by atoms with E-state index in [1.165, 1.54) is 0 Å². The molecule has 0 radical (unpaired) electrons. The number of aliphatic hydroxyl groups is 1. The normalized spacial score (nSPS) is 10.5. The van der Waals surface area contributed by atoms with Crippen molar-refractivity contribution in [2.24, 2.45) is 0 Å². The van der Waals surface area contributed by atoms with Gasteiger partial charge in [0.1, 0.15) is 23.9 Å². The van der Waals surface area contributed by atoms with Crippen LogP contribution in [0.1, 0.15) is 16.1 Å². The van der Waals surface area contributed by atoms with E-state index in [2.05, 4.69) is 27.9 Å². The SMILES string of the molecule is COc1ccc(NC(=O)c2ccc(I)cc2)cc1-c1ccc(CO)o1. The van der Waals surface area contributed by atoms with Crippen LogP contribution in [0, 0.1) is 3.57 Å². The summed E-state index contributed by atoms with van der Waals surface area (Å²) >= 11 is 2.19. The van der Waals surface area contributed by atoms with Gasteiger partial charge in [0.2, 0.25) is 0 Å². The van der Waals surface area contributed by atoms with E-state index in [1.807, 2.05) is 12.1 Å². The van der Waals surface area contributed by atoms with Gasteiger partial charge in [0.25, 0.3) is 5.91 Å². The minimum Gasteiger partial charge on any atom is -0.496 e. The Morgan fingerprint density at radius 2 is 1.92 bits per heavy atom. The van der Waals surface area contributed by atoms with Crippen molar-refractivity contribution in [3.63, 3.8) is 0 Å². The van der Waals surface area contributed by atoms with Crippen LogP contribution in [0.3, 0.4) is 0 Å². The fourth-order valence-electron chi connectivity index (χ4n) is 2.39. The van der Waals surface area contributed by atoms with Crippen LogP contribution in [0.2, 0.25) is 0 Å². The average molecular weight is 449 g/mol. The first-order valence-electron chi connectivity index (χ1n) is 7.55. The van der Waals surface area contributed by atoms with Gasteiger partial charge >= 0.3 is 0 Å². The lowest BCUT2D eigenvalue weighted by atomic mass is 10.1. The highest BCUT2D eigenvalue weighted by Gasteiger charge is 2.13. The molecule has 2 N–H and O–H groups in total. The summed E-state index contributed by atoms with van der Waals surface area (Å²) in [5.74, 6) is 1.45. The molecule has 0 atom stereocenters. The molecule has 128 valence electrons. The van der Waals surface area contributed by atoms with Crippen molar-refractivity contribution in [1.29, 1.82) is 0 Å². The second kappa shape index (κ2) is 7.71. The van der Waals surface area contributed by atoms with Gasteiger partial charge in [0, 0.05) is 14.8 Å². The Morgan fingerprint density at radius 3 is 2.56 bits per heavy atom. The predicted octanol–water partition coefficient (Wildman–Crippen LogP) is 4.30. The first-order chi connectivity index (χ1) is 12.1. The molecule has 1 heterocycles. The summed E-state index contributed by atoms with van der Waals surface area (Å²) in [6, 6.07) is 16.1. The number of ether oxygens (including phenoxy) is 1. The molecule has 0 unspecified atom stereocenters. The Kier molecular flexibility index (Phi) is 5.40. The van der Waals surface area contributed by atoms with Gasteiger partial charge in [-0.15, -0.1) is 0 Å². The molecule has 0 aliphatic heterocycles. The van der Waals surface area contributed by atoms with Crippen molar-refractivity contribution in [1.82, 2.24) is 0 Å². The van der Waals surface area contributed by atoms with Crippen molar-refractivity contribution < 1.29 is 19.1 Å². The third-order valence-corrected chi connectivity index (χ3v) is 4.37. The van der Waals surface area contributed by atoms with Gasteiger partial charge in [-0.3, -0.25) is 4.79 Å². The zero-order valence-electron chi connectivity index (χ0n) is 13.5. The number of carbonyl (C=O) groups is 1. The van der Waals surface area contributed by atoms with E-state index in [-0.39, 0.29) is 12.5 Å². The van der Waals surface area contributed by atoms with E-state index in [1.54, 1.807) is 49.6 Å². The largest absolute Gasteiger partial charge is 0.496 e. The van der Waals surface area contributed by atoms with Crippen LogP contribution in [0.4, 0.5) is 5.69 Å². The molecule has 1 amide bonds.